The van der Waals surface area contributed by atoms with Crippen molar-refractivity contribution in [1.82, 2.24) is 14.9 Å². The van der Waals surface area contributed by atoms with E-state index in [1.54, 1.807) is 0 Å². The predicted octanol–water partition coefficient (Wildman–Crippen LogP) is 1.60. The normalized spacial score (nSPS) is 12.5. The molecule has 4 nitrogen and oxygen atoms in total. The molecule has 1 heterocycles. The number of rotatable bonds is 7. The minimum absolute atomic E-state index is 0.0719. The van der Waals surface area contributed by atoms with E-state index < -0.39 is 0 Å². The Morgan fingerprint density at radius 3 is 2.79 bits per heavy atom. The van der Waals surface area contributed by atoms with E-state index in [0.717, 1.165) is 25.2 Å². The van der Waals surface area contributed by atoms with Crippen molar-refractivity contribution in [3.63, 3.8) is 0 Å². The molecule has 102 valence electrons. The number of aliphatic hydroxyl groups excluding tert-OH is 1. The summed E-state index contributed by atoms with van der Waals surface area (Å²) in [6, 6.07) is 10.3. The highest BCUT2D eigenvalue weighted by molar-refractivity contribution is 5.16. The Morgan fingerprint density at radius 1 is 1.32 bits per heavy atom. The molecule has 0 bridgehead atoms. The molecule has 4 heteroatoms. The van der Waals surface area contributed by atoms with Gasteiger partial charge in [-0.1, -0.05) is 30.3 Å². The van der Waals surface area contributed by atoms with Gasteiger partial charge in [-0.25, -0.2) is 4.98 Å². The van der Waals surface area contributed by atoms with Gasteiger partial charge in [-0.2, -0.15) is 0 Å². The van der Waals surface area contributed by atoms with E-state index in [9.17, 15) is 5.11 Å². The standard InChI is InChI=1S/C15H21N3O/c1-2-18-12-16-9-15(18)10-17-14(11-19)8-13-6-4-3-5-7-13/h3-7,9,12,14,17,19H,2,8,10-11H2,1H3. The molecule has 1 atom stereocenters. The van der Waals surface area contributed by atoms with Crippen molar-refractivity contribution in [3.05, 3.63) is 54.1 Å². The zero-order chi connectivity index (χ0) is 13.5. The van der Waals surface area contributed by atoms with Crippen LogP contribution in [0.15, 0.2) is 42.9 Å². The van der Waals surface area contributed by atoms with Gasteiger partial charge in [0.1, 0.15) is 0 Å². The minimum atomic E-state index is 0.0719. The van der Waals surface area contributed by atoms with Gasteiger partial charge in [0.15, 0.2) is 0 Å². The van der Waals surface area contributed by atoms with Crippen LogP contribution < -0.4 is 5.32 Å². The molecule has 0 amide bonds. The van der Waals surface area contributed by atoms with Crippen molar-refractivity contribution >= 4 is 0 Å². The van der Waals surface area contributed by atoms with Crippen LogP contribution in [-0.2, 0) is 19.5 Å². The Labute approximate surface area is 114 Å². The number of benzene rings is 1. The fourth-order valence-electron chi connectivity index (χ4n) is 2.13. The van der Waals surface area contributed by atoms with E-state index in [0.29, 0.717) is 0 Å². The van der Waals surface area contributed by atoms with Crippen molar-refractivity contribution in [3.8, 4) is 0 Å². The second kappa shape index (κ2) is 7.07. The van der Waals surface area contributed by atoms with Crippen LogP contribution in [0, 0.1) is 0 Å². The summed E-state index contributed by atoms with van der Waals surface area (Å²) in [5.74, 6) is 0. The van der Waals surface area contributed by atoms with E-state index in [1.165, 1.54) is 5.56 Å². The SMILES string of the molecule is CCn1cncc1CNC(CO)Cc1ccccc1. The number of hydrogen-bond donors (Lipinski definition) is 2. The van der Waals surface area contributed by atoms with E-state index in [1.807, 2.05) is 30.7 Å². The molecule has 0 fully saturated rings. The summed E-state index contributed by atoms with van der Waals surface area (Å²) in [7, 11) is 0. The molecule has 0 spiro atoms. The predicted molar refractivity (Wildman–Crippen MR) is 75.8 cm³/mol. The number of nitrogens with zero attached hydrogens (tertiary/aromatic N) is 2. The van der Waals surface area contributed by atoms with Crippen LogP contribution in [0.2, 0.25) is 0 Å². The number of aromatic nitrogens is 2. The number of aryl methyl sites for hydroxylation is 1. The highest BCUT2D eigenvalue weighted by Gasteiger charge is 2.09. The molecule has 0 aliphatic carbocycles. The highest BCUT2D eigenvalue weighted by atomic mass is 16.3. The maximum Gasteiger partial charge on any atom is 0.0948 e. The fourth-order valence-corrected chi connectivity index (χ4v) is 2.13. The Hall–Kier alpha value is -1.65. The van der Waals surface area contributed by atoms with Crippen molar-refractivity contribution < 1.29 is 5.11 Å². The van der Waals surface area contributed by atoms with Crippen LogP contribution in [0.4, 0.5) is 0 Å². The molecule has 0 saturated heterocycles. The van der Waals surface area contributed by atoms with Gasteiger partial charge in [-0.15, -0.1) is 0 Å². The van der Waals surface area contributed by atoms with E-state index >= 15 is 0 Å². The van der Waals surface area contributed by atoms with E-state index in [-0.39, 0.29) is 12.6 Å². The Balaban J connectivity index is 1.89. The third-order valence-electron chi connectivity index (χ3n) is 3.26. The first-order valence-corrected chi connectivity index (χ1v) is 6.70. The average molecular weight is 259 g/mol. The molecular weight excluding hydrogens is 238 g/mol. The van der Waals surface area contributed by atoms with Gasteiger partial charge < -0.3 is 15.0 Å². The monoisotopic (exact) mass is 259 g/mol. The summed E-state index contributed by atoms with van der Waals surface area (Å²) >= 11 is 0. The van der Waals surface area contributed by atoms with Crippen molar-refractivity contribution in [2.24, 2.45) is 0 Å². The van der Waals surface area contributed by atoms with Gasteiger partial charge in [-0.05, 0) is 18.9 Å². The van der Waals surface area contributed by atoms with Crippen LogP contribution in [0.1, 0.15) is 18.2 Å². The Morgan fingerprint density at radius 2 is 2.11 bits per heavy atom. The van der Waals surface area contributed by atoms with Crippen molar-refractivity contribution in [2.45, 2.75) is 32.5 Å². The van der Waals surface area contributed by atoms with Gasteiger partial charge in [0.2, 0.25) is 0 Å². The topological polar surface area (TPSA) is 50.1 Å². The molecule has 0 saturated carbocycles. The first-order chi connectivity index (χ1) is 9.33. The Kier molecular flexibility index (Phi) is 5.12. The van der Waals surface area contributed by atoms with Crippen LogP contribution in [0.3, 0.4) is 0 Å². The number of imidazole rings is 1. The Bertz CT molecular complexity index is 481. The lowest BCUT2D eigenvalue weighted by molar-refractivity contribution is 0.240. The summed E-state index contributed by atoms with van der Waals surface area (Å²) in [5, 5.41) is 12.8. The molecule has 2 rings (SSSR count). The third-order valence-corrected chi connectivity index (χ3v) is 3.26. The zero-order valence-corrected chi connectivity index (χ0v) is 11.3. The number of nitrogens with one attached hydrogen (secondary N) is 1. The summed E-state index contributed by atoms with van der Waals surface area (Å²) < 4.78 is 2.10. The lowest BCUT2D eigenvalue weighted by atomic mass is 10.1. The fraction of sp³-hybridized carbons (Fsp3) is 0.400. The smallest absolute Gasteiger partial charge is 0.0948 e. The lowest BCUT2D eigenvalue weighted by Gasteiger charge is -2.16. The molecule has 0 aliphatic heterocycles. The molecular formula is C15H21N3O. The quantitative estimate of drug-likeness (QED) is 0.794. The average Bonchev–Trinajstić information content (AvgIpc) is 2.92. The van der Waals surface area contributed by atoms with E-state index in [4.69, 9.17) is 0 Å². The van der Waals surface area contributed by atoms with Crippen molar-refractivity contribution in [1.29, 1.82) is 0 Å². The molecule has 2 aromatic rings. The number of aliphatic hydroxyl groups is 1. The van der Waals surface area contributed by atoms with Gasteiger partial charge >= 0.3 is 0 Å². The third kappa shape index (κ3) is 3.91. The summed E-state index contributed by atoms with van der Waals surface area (Å²) in [6.45, 7) is 3.87. The van der Waals surface area contributed by atoms with Crippen LogP contribution in [-0.4, -0.2) is 27.3 Å². The first kappa shape index (κ1) is 13.8. The zero-order valence-electron chi connectivity index (χ0n) is 11.3. The van der Waals surface area contributed by atoms with Crippen LogP contribution in [0.25, 0.3) is 0 Å². The second-order valence-corrected chi connectivity index (χ2v) is 4.62. The van der Waals surface area contributed by atoms with Crippen molar-refractivity contribution in [2.75, 3.05) is 6.61 Å². The maximum atomic E-state index is 9.46. The lowest BCUT2D eigenvalue weighted by Crippen LogP contribution is -2.34. The summed E-state index contributed by atoms with van der Waals surface area (Å²) in [5.41, 5.74) is 2.38. The highest BCUT2D eigenvalue weighted by Crippen LogP contribution is 2.05. The maximum absolute atomic E-state index is 9.46. The first-order valence-electron chi connectivity index (χ1n) is 6.70. The summed E-state index contributed by atoms with van der Waals surface area (Å²) in [6.07, 6.45) is 4.53. The molecule has 1 aromatic heterocycles. The molecule has 2 N–H and O–H groups in total. The van der Waals surface area contributed by atoms with Gasteiger partial charge in [0, 0.05) is 25.3 Å². The van der Waals surface area contributed by atoms with Gasteiger partial charge in [0.25, 0.3) is 0 Å². The molecule has 0 aliphatic rings. The van der Waals surface area contributed by atoms with Gasteiger partial charge in [0.05, 0.1) is 18.6 Å². The van der Waals surface area contributed by atoms with Crippen LogP contribution in [0.5, 0.6) is 0 Å². The molecule has 1 unspecified atom stereocenters. The largest absolute Gasteiger partial charge is 0.395 e. The molecule has 19 heavy (non-hydrogen) atoms. The molecule has 1 aromatic carbocycles. The van der Waals surface area contributed by atoms with Crippen LogP contribution >= 0.6 is 0 Å². The van der Waals surface area contributed by atoms with E-state index in [2.05, 4.69) is 33.9 Å². The minimum Gasteiger partial charge on any atom is -0.395 e. The summed E-state index contributed by atoms with van der Waals surface area (Å²) in [4.78, 5) is 4.14. The molecule has 0 radical (unpaired) electrons. The van der Waals surface area contributed by atoms with Gasteiger partial charge in [-0.3, -0.25) is 0 Å². The number of hydrogen-bond acceptors (Lipinski definition) is 3. The second-order valence-electron chi connectivity index (χ2n) is 4.62.